The molecule has 0 aliphatic rings. The molecule has 0 aliphatic carbocycles. The second-order valence-electron chi connectivity index (χ2n) is 8.82. The largest absolute Gasteiger partial charge is 0.168 e. The predicted molar refractivity (Wildman–Crippen MR) is 147 cm³/mol. The second-order valence-corrected chi connectivity index (χ2v) is 8.82. The van der Waals surface area contributed by atoms with Gasteiger partial charge in [0.15, 0.2) is 0 Å². The van der Waals surface area contributed by atoms with Crippen molar-refractivity contribution in [2.45, 2.75) is 33.1 Å². The van der Waals surface area contributed by atoms with Gasteiger partial charge in [0.1, 0.15) is 0 Å². The Balaban J connectivity index is 0.000000353. The van der Waals surface area contributed by atoms with Gasteiger partial charge < -0.3 is 14.9 Å². The molecule has 0 bridgehead atoms. The second kappa shape index (κ2) is 13.0. The average Bonchev–Trinajstić information content (AvgIpc) is 3.40. The third-order valence-corrected chi connectivity index (χ3v) is 5.50. The first kappa shape index (κ1) is 29.0. The van der Waals surface area contributed by atoms with Crippen LogP contribution in [0.2, 0.25) is 0 Å². The van der Waals surface area contributed by atoms with Crippen LogP contribution in [0.3, 0.4) is 0 Å². The van der Waals surface area contributed by atoms with Gasteiger partial charge in [0, 0.05) is 0 Å². The van der Waals surface area contributed by atoms with Crippen molar-refractivity contribution >= 4 is 28.4 Å². The zero-order chi connectivity index (χ0) is 22.4. The first-order chi connectivity index (χ1) is 14.9. The van der Waals surface area contributed by atoms with Crippen LogP contribution < -0.4 is 0 Å². The Hall–Kier alpha value is -2.02. The third-order valence-electron chi connectivity index (χ3n) is 5.50. The summed E-state index contributed by atoms with van der Waals surface area (Å²) in [5.74, 6) is 0. The van der Waals surface area contributed by atoms with E-state index in [9.17, 15) is 0 Å². The number of benzene rings is 3. The fourth-order valence-electron chi connectivity index (χ4n) is 3.86. The summed E-state index contributed by atoms with van der Waals surface area (Å²) in [6.07, 6.45) is 0. The van der Waals surface area contributed by atoms with Gasteiger partial charge in [0.25, 0.3) is 0 Å². The molecule has 2 heteroatoms. The van der Waals surface area contributed by atoms with E-state index in [1.54, 1.807) is 0 Å². The molecular weight excluding hydrogens is 492 g/mol. The molecule has 0 aliphatic heterocycles. The molecule has 170 valence electrons. The summed E-state index contributed by atoms with van der Waals surface area (Å²) in [6.45, 7) is 12.0. The van der Waals surface area contributed by atoms with Gasteiger partial charge in [-0.3, -0.25) is 0 Å². The molecular formula is C31H34SiZr-4. The summed E-state index contributed by atoms with van der Waals surface area (Å²) in [4.78, 5) is 0. The molecule has 0 N–H and O–H groups in total. The van der Waals surface area contributed by atoms with Gasteiger partial charge in [-0.15, -0.1) is 64.2 Å². The molecule has 0 saturated carbocycles. The molecule has 0 spiro atoms. The summed E-state index contributed by atoms with van der Waals surface area (Å²) < 4.78 is 0. The van der Waals surface area contributed by atoms with Gasteiger partial charge in [0.05, 0.1) is 0 Å². The van der Waals surface area contributed by atoms with Crippen molar-refractivity contribution in [3.05, 3.63) is 123 Å². The minimum Gasteiger partial charge on any atom is -0.168 e. The topological polar surface area (TPSA) is 0 Å². The number of aryl methyl sites for hydroxylation is 1. The molecule has 0 saturated heterocycles. The van der Waals surface area contributed by atoms with E-state index in [2.05, 4.69) is 132 Å². The van der Waals surface area contributed by atoms with Crippen molar-refractivity contribution in [3.63, 3.8) is 0 Å². The first-order valence-corrected chi connectivity index (χ1v) is 14.7. The molecule has 0 amide bonds. The summed E-state index contributed by atoms with van der Waals surface area (Å²) >= 11 is 1.36. The Kier molecular flexibility index (Phi) is 11.4. The molecule has 5 aromatic carbocycles. The van der Waals surface area contributed by atoms with Crippen molar-refractivity contribution in [1.29, 1.82) is 0 Å². The van der Waals surface area contributed by atoms with Crippen molar-refractivity contribution in [3.8, 4) is 11.1 Å². The van der Waals surface area contributed by atoms with Crippen molar-refractivity contribution in [2.75, 3.05) is 0 Å². The van der Waals surface area contributed by atoms with Crippen molar-refractivity contribution in [1.82, 2.24) is 0 Å². The minimum absolute atomic E-state index is 0. The maximum absolute atomic E-state index is 3.06. The predicted octanol–water partition coefficient (Wildman–Crippen LogP) is 8.91. The molecule has 0 atom stereocenters. The maximum atomic E-state index is 3.06. The zero-order valence-electron chi connectivity index (χ0n) is 20.7. The molecule has 0 aromatic heterocycles. The number of hydrogen-bond acceptors (Lipinski definition) is 0. The van der Waals surface area contributed by atoms with Crippen molar-refractivity contribution < 1.29 is 23.3 Å². The van der Waals surface area contributed by atoms with E-state index in [-0.39, 0.29) is 20.3 Å². The van der Waals surface area contributed by atoms with Gasteiger partial charge in [-0.1, -0.05) is 69.7 Å². The molecule has 5 aromatic rings. The molecule has 0 unspecified atom stereocenters. The number of rotatable bonds is 1. The average molecular weight is 526 g/mol. The van der Waals surface area contributed by atoms with Gasteiger partial charge >= 0.3 is 30.2 Å². The van der Waals surface area contributed by atoms with E-state index in [1.165, 1.54) is 67.1 Å². The summed E-state index contributed by atoms with van der Waals surface area (Å²) in [5.41, 5.74) is 5.55. The Labute approximate surface area is 218 Å². The Bertz CT molecular complexity index is 1220. The van der Waals surface area contributed by atoms with Gasteiger partial charge in [0.2, 0.25) is 0 Å². The van der Waals surface area contributed by atoms with Gasteiger partial charge in [-0.05, 0) is 16.5 Å². The Morgan fingerprint density at radius 2 is 1.39 bits per heavy atom. The van der Waals surface area contributed by atoms with Crippen LogP contribution in [-0.4, -0.2) is 6.88 Å². The van der Waals surface area contributed by atoms with E-state index in [1.807, 2.05) is 0 Å². The van der Waals surface area contributed by atoms with Crippen LogP contribution in [0.4, 0.5) is 0 Å². The first-order valence-electron chi connectivity index (χ1n) is 10.5. The van der Waals surface area contributed by atoms with Crippen LogP contribution >= 0.6 is 0 Å². The van der Waals surface area contributed by atoms with E-state index in [0.29, 0.717) is 0 Å². The Morgan fingerprint density at radius 3 is 2.03 bits per heavy atom. The molecule has 0 nitrogen and oxygen atoms in total. The smallest absolute Gasteiger partial charge is 0.0809 e. The molecule has 0 fully saturated rings. The maximum Gasteiger partial charge on any atom is -0.0809 e. The van der Waals surface area contributed by atoms with Crippen LogP contribution in [0.15, 0.2) is 97.1 Å². The monoisotopic (exact) mass is 524 g/mol. The Morgan fingerprint density at radius 1 is 0.758 bits per heavy atom. The quantitative estimate of drug-likeness (QED) is 0.151. The molecule has 33 heavy (non-hydrogen) atoms. The van der Waals surface area contributed by atoms with Gasteiger partial charge in [-0.25, -0.2) is 0 Å². The molecule has 2 radical (unpaired) electrons. The van der Waals surface area contributed by atoms with E-state index < -0.39 is 0 Å². The summed E-state index contributed by atoms with van der Waals surface area (Å²) in [5, 5.41) is 5.35. The van der Waals surface area contributed by atoms with Crippen LogP contribution in [0.5, 0.6) is 0 Å². The zero-order valence-corrected chi connectivity index (χ0v) is 24.2. The van der Waals surface area contributed by atoms with Crippen LogP contribution in [0, 0.1) is 21.8 Å². The van der Waals surface area contributed by atoms with Crippen molar-refractivity contribution in [2.24, 2.45) is 0 Å². The van der Waals surface area contributed by atoms with Crippen LogP contribution in [-0.2, 0) is 28.8 Å². The van der Waals surface area contributed by atoms with Crippen LogP contribution in [0.1, 0.15) is 31.9 Å². The number of fused-ring (bicyclic) bond motifs is 2. The van der Waals surface area contributed by atoms with E-state index in [4.69, 9.17) is 0 Å². The fraction of sp³-hybridized carbons (Fsp3) is 0.161. The van der Waals surface area contributed by atoms with E-state index in [0.717, 1.165) is 0 Å². The third kappa shape index (κ3) is 7.23. The van der Waals surface area contributed by atoms with E-state index >= 15 is 0 Å². The summed E-state index contributed by atoms with van der Waals surface area (Å²) in [6, 6.07) is 34.8. The molecule has 5 rings (SSSR count). The SMILES string of the molecule is Cc1cc2c(-c3ccc(C(C)(C)C)cc3)cccc2[cH-]1.[CH3-].[CH3-].[Si]=[Zr].c1ccc2[cH-]ccc2c1. The minimum atomic E-state index is 0. The van der Waals surface area contributed by atoms with Gasteiger partial charge in [-0.2, -0.15) is 23.6 Å². The number of hydrogen-bond donors (Lipinski definition) is 0. The van der Waals surface area contributed by atoms with Crippen LogP contribution in [0.25, 0.3) is 32.7 Å². The fourth-order valence-corrected chi connectivity index (χ4v) is 3.86. The summed E-state index contributed by atoms with van der Waals surface area (Å²) in [7, 11) is 0. The molecule has 0 heterocycles. The normalized spacial score (nSPS) is 10.2. The standard InChI is InChI=1S/C20H21.C9H7.2CH3.Si.Zr/c1-14-12-16-6-5-7-18(19(16)13-14)15-8-10-17(11-9-15)20(2,3)4;1-2-5-9-7-3-6-8(9)4-1;;;;/h5-13H,1-4H3;1-7H;2*1H3;;/q4*-1;;.